The Morgan fingerprint density at radius 2 is 2.45 bits per heavy atom. The molecule has 1 aliphatic rings. The number of ether oxygens (including phenoxy) is 1. The molecule has 0 spiro atoms. The maximum atomic E-state index is 10.8. The predicted octanol–water partition coefficient (Wildman–Crippen LogP) is -2.06. The first kappa shape index (κ1) is 8.00. The van der Waals surface area contributed by atoms with Crippen molar-refractivity contribution in [1.82, 2.24) is 4.90 Å². The van der Waals surface area contributed by atoms with Gasteiger partial charge in [-0.2, -0.15) is 0 Å². The first-order valence-electron chi connectivity index (χ1n) is 3.25. The van der Waals surface area contributed by atoms with E-state index in [0.717, 1.165) is 0 Å². The van der Waals surface area contributed by atoms with Crippen LogP contribution in [0.2, 0.25) is 0 Å². The Hall–Kier alpha value is -1.10. The van der Waals surface area contributed by atoms with Gasteiger partial charge < -0.3 is 19.5 Å². The third-order valence-electron chi connectivity index (χ3n) is 1.41. The third kappa shape index (κ3) is 2.19. The standard InChI is InChI=1S/C6H9NO4/c8-5-3-11-4-7(5)2-1-6(9)10/h1-4H2,(H,9,10)/p-1. The van der Waals surface area contributed by atoms with Gasteiger partial charge in [0.25, 0.3) is 0 Å². The maximum absolute atomic E-state index is 10.8. The zero-order chi connectivity index (χ0) is 8.27. The van der Waals surface area contributed by atoms with Gasteiger partial charge in [0.2, 0.25) is 5.91 Å². The highest BCUT2D eigenvalue weighted by atomic mass is 16.5. The molecule has 5 heteroatoms. The molecule has 62 valence electrons. The van der Waals surface area contributed by atoms with Gasteiger partial charge in [-0.25, -0.2) is 0 Å². The van der Waals surface area contributed by atoms with E-state index in [0.29, 0.717) is 0 Å². The summed E-state index contributed by atoms with van der Waals surface area (Å²) in [4.78, 5) is 22.1. The average molecular weight is 158 g/mol. The van der Waals surface area contributed by atoms with Crippen molar-refractivity contribution in [2.75, 3.05) is 19.9 Å². The fourth-order valence-electron chi connectivity index (χ4n) is 0.822. The average Bonchev–Trinajstić information content (AvgIpc) is 2.31. The van der Waals surface area contributed by atoms with Crippen molar-refractivity contribution in [3.05, 3.63) is 0 Å². The van der Waals surface area contributed by atoms with Crippen LogP contribution in [0.5, 0.6) is 0 Å². The molecule has 0 aromatic heterocycles. The van der Waals surface area contributed by atoms with Crippen molar-refractivity contribution in [1.29, 1.82) is 0 Å². The molecule has 11 heavy (non-hydrogen) atoms. The molecule has 1 fully saturated rings. The van der Waals surface area contributed by atoms with Gasteiger partial charge in [-0.1, -0.05) is 0 Å². The Balaban J connectivity index is 2.26. The van der Waals surface area contributed by atoms with Crippen LogP contribution in [0.4, 0.5) is 0 Å². The van der Waals surface area contributed by atoms with Crippen LogP contribution in [0.25, 0.3) is 0 Å². The Labute approximate surface area is 63.5 Å². The fourth-order valence-corrected chi connectivity index (χ4v) is 0.822. The minimum absolute atomic E-state index is 0.0625. The van der Waals surface area contributed by atoms with E-state index in [4.69, 9.17) is 4.74 Å². The Morgan fingerprint density at radius 1 is 1.73 bits per heavy atom. The summed E-state index contributed by atoms with van der Waals surface area (Å²) >= 11 is 0. The van der Waals surface area contributed by atoms with Crippen molar-refractivity contribution in [2.45, 2.75) is 6.42 Å². The molecule has 1 aliphatic heterocycles. The lowest BCUT2D eigenvalue weighted by Gasteiger charge is -2.12. The van der Waals surface area contributed by atoms with E-state index in [1.165, 1.54) is 4.90 Å². The molecule has 0 radical (unpaired) electrons. The second-order valence-corrected chi connectivity index (χ2v) is 2.26. The SMILES string of the molecule is O=C([O-])CCN1COCC1=O. The molecule has 0 saturated carbocycles. The monoisotopic (exact) mass is 158 g/mol. The van der Waals surface area contributed by atoms with Gasteiger partial charge in [0.05, 0.1) is 0 Å². The molecule has 1 heterocycles. The largest absolute Gasteiger partial charge is 0.550 e. The minimum atomic E-state index is -1.15. The summed E-state index contributed by atoms with van der Waals surface area (Å²) in [6.07, 6.45) is -0.130. The maximum Gasteiger partial charge on any atom is 0.250 e. The van der Waals surface area contributed by atoms with Gasteiger partial charge in [0.1, 0.15) is 13.3 Å². The summed E-state index contributed by atoms with van der Waals surface area (Å²) in [6.45, 7) is 0.445. The van der Waals surface area contributed by atoms with Crippen LogP contribution in [0.3, 0.4) is 0 Å². The molecule has 0 N–H and O–H groups in total. The van der Waals surface area contributed by atoms with Gasteiger partial charge in [-0.3, -0.25) is 4.79 Å². The van der Waals surface area contributed by atoms with Crippen LogP contribution < -0.4 is 5.11 Å². The molecule has 0 aromatic carbocycles. The van der Waals surface area contributed by atoms with Crippen molar-refractivity contribution >= 4 is 11.9 Å². The lowest BCUT2D eigenvalue weighted by Crippen LogP contribution is -2.32. The van der Waals surface area contributed by atoms with Crippen molar-refractivity contribution < 1.29 is 19.4 Å². The Kier molecular flexibility index (Phi) is 2.43. The number of hydrogen-bond donors (Lipinski definition) is 0. The lowest BCUT2D eigenvalue weighted by molar-refractivity contribution is -0.305. The third-order valence-corrected chi connectivity index (χ3v) is 1.41. The number of amides is 1. The quantitative estimate of drug-likeness (QED) is 0.473. The van der Waals surface area contributed by atoms with Crippen molar-refractivity contribution in [3.8, 4) is 0 Å². The van der Waals surface area contributed by atoms with Crippen molar-refractivity contribution in [3.63, 3.8) is 0 Å². The number of carbonyl (C=O) groups excluding carboxylic acids is 2. The summed E-state index contributed by atoms with van der Waals surface area (Å²) < 4.78 is 4.76. The highest BCUT2D eigenvalue weighted by Crippen LogP contribution is 2.00. The zero-order valence-electron chi connectivity index (χ0n) is 5.91. The molecule has 0 unspecified atom stereocenters. The molecule has 1 amide bonds. The van der Waals surface area contributed by atoms with E-state index in [2.05, 4.69) is 0 Å². The predicted molar refractivity (Wildman–Crippen MR) is 32.2 cm³/mol. The topological polar surface area (TPSA) is 69.7 Å². The second kappa shape index (κ2) is 3.34. The van der Waals surface area contributed by atoms with Gasteiger partial charge in [-0.05, 0) is 0 Å². The molecule has 1 rings (SSSR count). The molecule has 0 aliphatic carbocycles. The number of nitrogens with zero attached hydrogens (tertiary/aromatic N) is 1. The summed E-state index contributed by atoms with van der Waals surface area (Å²) in [7, 11) is 0. The lowest BCUT2D eigenvalue weighted by atomic mass is 10.4. The van der Waals surface area contributed by atoms with Crippen LogP contribution in [-0.2, 0) is 14.3 Å². The molecular formula is C6H8NO4-. The molecule has 0 atom stereocenters. The van der Waals surface area contributed by atoms with Crippen LogP contribution in [-0.4, -0.2) is 36.7 Å². The van der Waals surface area contributed by atoms with E-state index >= 15 is 0 Å². The van der Waals surface area contributed by atoms with E-state index < -0.39 is 5.97 Å². The summed E-state index contributed by atoms with van der Waals surface area (Å²) in [5, 5.41) is 9.97. The first-order valence-corrected chi connectivity index (χ1v) is 3.25. The number of carbonyl (C=O) groups is 2. The summed E-state index contributed by atoms with van der Waals surface area (Å²) in [6, 6.07) is 0. The normalized spacial score (nSPS) is 17.5. The molecule has 5 nitrogen and oxygen atoms in total. The Morgan fingerprint density at radius 3 is 2.91 bits per heavy atom. The zero-order valence-corrected chi connectivity index (χ0v) is 5.91. The van der Waals surface area contributed by atoms with Crippen LogP contribution in [0.1, 0.15) is 6.42 Å². The van der Waals surface area contributed by atoms with Crippen molar-refractivity contribution in [2.24, 2.45) is 0 Å². The number of rotatable bonds is 3. The second-order valence-electron chi connectivity index (χ2n) is 2.26. The van der Waals surface area contributed by atoms with E-state index in [1.54, 1.807) is 0 Å². The smallest absolute Gasteiger partial charge is 0.250 e. The molecular weight excluding hydrogens is 150 g/mol. The highest BCUT2D eigenvalue weighted by molar-refractivity contribution is 5.79. The number of hydrogen-bond acceptors (Lipinski definition) is 4. The first-order chi connectivity index (χ1) is 5.20. The molecule has 0 bridgehead atoms. The van der Waals surface area contributed by atoms with Gasteiger partial charge in [-0.15, -0.1) is 0 Å². The molecule has 1 saturated heterocycles. The number of aliphatic carboxylic acids is 1. The van der Waals surface area contributed by atoms with Crippen LogP contribution in [0, 0.1) is 0 Å². The van der Waals surface area contributed by atoms with Gasteiger partial charge in [0, 0.05) is 18.9 Å². The van der Waals surface area contributed by atoms with E-state index in [9.17, 15) is 14.7 Å². The summed E-state index contributed by atoms with van der Waals surface area (Å²) in [5.41, 5.74) is 0. The van der Waals surface area contributed by atoms with E-state index in [-0.39, 0.29) is 32.2 Å². The fraction of sp³-hybridized carbons (Fsp3) is 0.667. The Bertz CT molecular complexity index is 179. The van der Waals surface area contributed by atoms with Gasteiger partial charge >= 0.3 is 0 Å². The number of carboxylic acid groups (broad SMARTS) is 1. The number of carboxylic acids is 1. The molecule has 0 aromatic rings. The van der Waals surface area contributed by atoms with E-state index in [1.807, 2.05) is 0 Å². The van der Waals surface area contributed by atoms with Crippen LogP contribution in [0.15, 0.2) is 0 Å². The summed E-state index contributed by atoms with van der Waals surface area (Å²) in [5.74, 6) is -1.31. The highest BCUT2D eigenvalue weighted by Gasteiger charge is 2.19. The van der Waals surface area contributed by atoms with Gasteiger partial charge in [0.15, 0.2) is 0 Å². The minimum Gasteiger partial charge on any atom is -0.550 e. The van der Waals surface area contributed by atoms with Crippen LogP contribution >= 0.6 is 0 Å².